The first-order valence-electron chi connectivity index (χ1n) is 8.70. The van der Waals surface area contributed by atoms with Gasteiger partial charge in [0.1, 0.15) is 6.54 Å². The van der Waals surface area contributed by atoms with Gasteiger partial charge in [-0.15, -0.1) is 0 Å². The van der Waals surface area contributed by atoms with E-state index >= 15 is 0 Å². The summed E-state index contributed by atoms with van der Waals surface area (Å²) < 4.78 is 0. The van der Waals surface area contributed by atoms with Crippen molar-refractivity contribution in [2.45, 2.75) is 38.6 Å². The number of nitrogens with zero attached hydrogens (tertiary/aromatic N) is 2. The summed E-state index contributed by atoms with van der Waals surface area (Å²) in [4.78, 5) is 40.7. The molecule has 0 radical (unpaired) electrons. The van der Waals surface area contributed by atoms with E-state index in [1.165, 1.54) is 0 Å². The van der Waals surface area contributed by atoms with Gasteiger partial charge in [0.25, 0.3) is 11.1 Å². The molecule has 6 heteroatoms. The molecule has 2 aliphatic rings. The highest BCUT2D eigenvalue weighted by atomic mass is 32.2. The maximum Gasteiger partial charge on any atom is 0.294 e. The molecule has 0 bridgehead atoms. The summed E-state index contributed by atoms with van der Waals surface area (Å²) in [5.74, 6) is -0.507. The van der Waals surface area contributed by atoms with Gasteiger partial charge in [-0.1, -0.05) is 37.3 Å². The maximum absolute atomic E-state index is 12.6. The molecule has 1 unspecified atom stereocenters. The lowest BCUT2D eigenvalue weighted by Crippen LogP contribution is -2.48. The number of likely N-dealkylation sites (tertiary alicyclic amines) is 1. The van der Waals surface area contributed by atoms with Crippen LogP contribution in [0.2, 0.25) is 0 Å². The Labute approximate surface area is 152 Å². The molecule has 3 rings (SSSR count). The maximum atomic E-state index is 12.6. The van der Waals surface area contributed by atoms with E-state index in [4.69, 9.17) is 0 Å². The Kier molecular flexibility index (Phi) is 5.58. The van der Waals surface area contributed by atoms with E-state index in [1.54, 1.807) is 6.08 Å². The Bertz CT molecular complexity index is 702. The van der Waals surface area contributed by atoms with Gasteiger partial charge in [0.2, 0.25) is 5.91 Å². The Morgan fingerprint density at radius 2 is 2.00 bits per heavy atom. The topological polar surface area (TPSA) is 57.7 Å². The molecular weight excluding hydrogens is 336 g/mol. The lowest BCUT2D eigenvalue weighted by Gasteiger charge is -2.35. The van der Waals surface area contributed by atoms with E-state index in [1.807, 2.05) is 35.2 Å². The van der Waals surface area contributed by atoms with E-state index in [0.29, 0.717) is 11.4 Å². The van der Waals surface area contributed by atoms with Crippen molar-refractivity contribution in [2.75, 3.05) is 13.1 Å². The molecule has 0 N–H and O–H groups in total. The first-order chi connectivity index (χ1) is 12.1. The number of hydrogen-bond donors (Lipinski definition) is 0. The summed E-state index contributed by atoms with van der Waals surface area (Å²) in [6.07, 6.45) is 5.71. The minimum Gasteiger partial charge on any atom is -0.338 e. The minimum atomic E-state index is -0.378. The van der Waals surface area contributed by atoms with Gasteiger partial charge in [0.15, 0.2) is 0 Å². The summed E-state index contributed by atoms with van der Waals surface area (Å²) in [6.45, 7) is 2.62. The summed E-state index contributed by atoms with van der Waals surface area (Å²) in [6, 6.07) is 9.62. The van der Waals surface area contributed by atoms with E-state index in [9.17, 15) is 14.4 Å². The van der Waals surface area contributed by atoms with Gasteiger partial charge in [0, 0.05) is 12.6 Å². The molecule has 0 aliphatic carbocycles. The number of amides is 3. The summed E-state index contributed by atoms with van der Waals surface area (Å²) in [5, 5.41) is -0.370. The van der Waals surface area contributed by atoms with Crippen molar-refractivity contribution in [1.82, 2.24) is 9.80 Å². The van der Waals surface area contributed by atoms with Gasteiger partial charge in [-0.2, -0.15) is 0 Å². The van der Waals surface area contributed by atoms with Crippen LogP contribution in [0.3, 0.4) is 0 Å². The van der Waals surface area contributed by atoms with E-state index < -0.39 is 0 Å². The summed E-state index contributed by atoms with van der Waals surface area (Å²) in [5.41, 5.74) is 0.862. The highest BCUT2D eigenvalue weighted by Gasteiger charge is 2.38. The second-order valence-electron chi connectivity index (χ2n) is 6.32. The van der Waals surface area contributed by atoms with Gasteiger partial charge in [-0.3, -0.25) is 19.3 Å². The molecule has 2 saturated heterocycles. The number of hydrogen-bond acceptors (Lipinski definition) is 4. The van der Waals surface area contributed by atoms with Crippen molar-refractivity contribution in [3.63, 3.8) is 0 Å². The van der Waals surface area contributed by atoms with Crippen LogP contribution in [0, 0.1) is 0 Å². The number of piperidine rings is 1. The molecule has 0 saturated carbocycles. The van der Waals surface area contributed by atoms with Gasteiger partial charge in [0.05, 0.1) is 4.91 Å². The second kappa shape index (κ2) is 7.87. The Hall–Kier alpha value is -2.08. The fourth-order valence-electron chi connectivity index (χ4n) is 3.32. The molecule has 1 aromatic carbocycles. The monoisotopic (exact) mass is 358 g/mol. The molecule has 132 valence electrons. The lowest BCUT2D eigenvalue weighted by molar-refractivity contribution is -0.138. The van der Waals surface area contributed by atoms with Crippen molar-refractivity contribution in [3.05, 3.63) is 40.8 Å². The zero-order chi connectivity index (χ0) is 17.8. The molecule has 25 heavy (non-hydrogen) atoms. The number of rotatable bonds is 4. The van der Waals surface area contributed by atoms with Crippen molar-refractivity contribution in [3.8, 4) is 0 Å². The van der Waals surface area contributed by atoms with Crippen molar-refractivity contribution < 1.29 is 14.4 Å². The standard InChI is InChI=1S/C19H22N2O3S/c1-2-15-10-6-7-11-20(15)17(22)13-21-18(23)16(25-19(21)24)12-14-8-4-3-5-9-14/h3-5,8-9,12,15H,2,6-7,10-11,13H2,1H3/b16-12+. The predicted octanol–water partition coefficient (Wildman–Crippen LogP) is 3.51. The number of carbonyl (C=O) groups is 3. The second-order valence-corrected chi connectivity index (χ2v) is 7.32. The molecule has 0 spiro atoms. The average Bonchev–Trinajstić information content (AvgIpc) is 2.90. The first-order valence-corrected chi connectivity index (χ1v) is 9.51. The van der Waals surface area contributed by atoms with Crippen LogP contribution >= 0.6 is 11.8 Å². The highest BCUT2D eigenvalue weighted by Crippen LogP contribution is 2.32. The van der Waals surface area contributed by atoms with E-state index in [2.05, 4.69) is 6.92 Å². The Morgan fingerprint density at radius 3 is 2.72 bits per heavy atom. The van der Waals surface area contributed by atoms with Crippen LogP contribution in [-0.2, 0) is 9.59 Å². The number of carbonyl (C=O) groups excluding carboxylic acids is 3. The molecule has 0 aromatic heterocycles. The van der Waals surface area contributed by atoms with Gasteiger partial charge in [-0.05, 0) is 49.1 Å². The molecule has 2 fully saturated rings. The molecule has 1 aromatic rings. The zero-order valence-corrected chi connectivity index (χ0v) is 15.1. The molecule has 3 amide bonds. The minimum absolute atomic E-state index is 0.130. The third-order valence-corrected chi connectivity index (χ3v) is 5.59. The van der Waals surface area contributed by atoms with Crippen molar-refractivity contribution in [2.24, 2.45) is 0 Å². The van der Waals surface area contributed by atoms with Crippen LogP contribution in [0.25, 0.3) is 6.08 Å². The largest absolute Gasteiger partial charge is 0.338 e. The lowest BCUT2D eigenvalue weighted by atomic mass is 10.00. The fourth-order valence-corrected chi connectivity index (χ4v) is 4.15. The van der Waals surface area contributed by atoms with Crippen LogP contribution in [0.15, 0.2) is 35.2 Å². The third-order valence-electron chi connectivity index (χ3n) is 4.68. The highest BCUT2D eigenvalue weighted by molar-refractivity contribution is 8.18. The van der Waals surface area contributed by atoms with Crippen LogP contribution in [0.1, 0.15) is 38.2 Å². The van der Waals surface area contributed by atoms with Crippen molar-refractivity contribution in [1.29, 1.82) is 0 Å². The normalized spacial score (nSPS) is 22.8. The number of benzene rings is 1. The Morgan fingerprint density at radius 1 is 1.24 bits per heavy atom. The first kappa shape index (κ1) is 17.7. The van der Waals surface area contributed by atoms with Crippen LogP contribution < -0.4 is 0 Å². The summed E-state index contributed by atoms with van der Waals surface area (Å²) >= 11 is 0.900. The Balaban J connectivity index is 1.70. The van der Waals surface area contributed by atoms with Crippen molar-refractivity contribution >= 4 is 34.9 Å². The number of thioether (sulfide) groups is 1. The average molecular weight is 358 g/mol. The molecule has 2 aliphatic heterocycles. The third kappa shape index (κ3) is 3.95. The SMILES string of the molecule is CCC1CCCCN1C(=O)CN1C(=O)S/C(=C/c2ccccc2)C1=O. The van der Waals surface area contributed by atoms with Crippen LogP contribution in [-0.4, -0.2) is 46.0 Å². The molecule has 1 atom stereocenters. The van der Waals surface area contributed by atoms with E-state index in [-0.39, 0.29) is 29.6 Å². The van der Waals surface area contributed by atoms with E-state index in [0.717, 1.165) is 47.9 Å². The number of imide groups is 1. The van der Waals surface area contributed by atoms with Gasteiger partial charge < -0.3 is 4.90 Å². The van der Waals surface area contributed by atoms with Crippen LogP contribution in [0.5, 0.6) is 0 Å². The molecule has 5 nitrogen and oxygen atoms in total. The molecular formula is C19H22N2O3S. The predicted molar refractivity (Wildman–Crippen MR) is 98.8 cm³/mol. The van der Waals surface area contributed by atoms with Gasteiger partial charge >= 0.3 is 0 Å². The smallest absolute Gasteiger partial charge is 0.294 e. The van der Waals surface area contributed by atoms with Gasteiger partial charge in [-0.25, -0.2) is 0 Å². The zero-order valence-electron chi connectivity index (χ0n) is 14.3. The quantitative estimate of drug-likeness (QED) is 0.773. The summed E-state index contributed by atoms with van der Waals surface area (Å²) in [7, 11) is 0. The molecule has 2 heterocycles. The van der Waals surface area contributed by atoms with Crippen LogP contribution in [0.4, 0.5) is 4.79 Å². The fraction of sp³-hybridized carbons (Fsp3) is 0.421.